The van der Waals surface area contributed by atoms with Crippen LogP contribution in [0.2, 0.25) is 5.02 Å². The van der Waals surface area contributed by atoms with E-state index in [1.807, 2.05) is 0 Å². The molecule has 0 aromatic heterocycles. The largest absolute Gasteiger partial charge is 0.316 e. The average molecular weight is 242 g/mol. The van der Waals surface area contributed by atoms with Gasteiger partial charge in [-0.15, -0.1) is 0 Å². The minimum atomic E-state index is -0.133. The summed E-state index contributed by atoms with van der Waals surface area (Å²) in [5.41, 5.74) is 1.00. The van der Waals surface area contributed by atoms with E-state index in [2.05, 4.69) is 12.2 Å². The summed E-state index contributed by atoms with van der Waals surface area (Å²) in [6, 6.07) is 4.82. The molecule has 0 spiro atoms. The van der Waals surface area contributed by atoms with Gasteiger partial charge in [-0.1, -0.05) is 24.9 Å². The molecule has 0 amide bonds. The maximum atomic E-state index is 13.6. The Labute approximate surface area is 101 Å². The van der Waals surface area contributed by atoms with Crippen LogP contribution in [0.1, 0.15) is 25.3 Å². The molecule has 1 heterocycles. The Morgan fingerprint density at radius 1 is 1.44 bits per heavy atom. The van der Waals surface area contributed by atoms with Crippen molar-refractivity contribution in [2.75, 3.05) is 13.1 Å². The van der Waals surface area contributed by atoms with Gasteiger partial charge in [-0.05, 0) is 42.0 Å². The molecule has 1 N–H and O–H groups in total. The number of hydrogen-bond acceptors (Lipinski definition) is 1. The molecule has 1 saturated heterocycles. The maximum absolute atomic E-state index is 13.6. The Bertz CT molecular complexity index is 374. The second-order valence-electron chi connectivity index (χ2n) is 4.77. The van der Waals surface area contributed by atoms with E-state index in [1.165, 1.54) is 6.07 Å². The van der Waals surface area contributed by atoms with Crippen LogP contribution in [0.25, 0.3) is 0 Å². The molecule has 88 valence electrons. The van der Waals surface area contributed by atoms with Crippen LogP contribution in [0.4, 0.5) is 4.39 Å². The Hall–Kier alpha value is -0.600. The molecule has 1 fully saturated rings. The second kappa shape index (κ2) is 4.72. The fourth-order valence-corrected chi connectivity index (χ4v) is 2.68. The van der Waals surface area contributed by atoms with Crippen molar-refractivity contribution in [2.45, 2.75) is 26.2 Å². The van der Waals surface area contributed by atoms with Gasteiger partial charge in [0.1, 0.15) is 5.82 Å². The highest BCUT2D eigenvalue weighted by Crippen LogP contribution is 2.34. The maximum Gasteiger partial charge on any atom is 0.126 e. The van der Waals surface area contributed by atoms with E-state index < -0.39 is 0 Å². The van der Waals surface area contributed by atoms with Crippen molar-refractivity contribution in [3.63, 3.8) is 0 Å². The zero-order valence-corrected chi connectivity index (χ0v) is 10.3. The summed E-state index contributed by atoms with van der Waals surface area (Å²) in [4.78, 5) is 0. The van der Waals surface area contributed by atoms with Gasteiger partial charge in [-0.3, -0.25) is 0 Å². The van der Waals surface area contributed by atoms with Crippen molar-refractivity contribution in [1.82, 2.24) is 5.32 Å². The van der Waals surface area contributed by atoms with Gasteiger partial charge in [-0.2, -0.15) is 0 Å². The van der Waals surface area contributed by atoms with Gasteiger partial charge in [0.15, 0.2) is 0 Å². The van der Waals surface area contributed by atoms with Crippen LogP contribution in [0.5, 0.6) is 0 Å². The van der Waals surface area contributed by atoms with Crippen LogP contribution >= 0.6 is 11.6 Å². The zero-order valence-electron chi connectivity index (χ0n) is 9.52. The number of nitrogens with one attached hydrogen (secondary N) is 1. The van der Waals surface area contributed by atoms with Gasteiger partial charge in [0.05, 0.1) is 0 Å². The van der Waals surface area contributed by atoms with Crippen LogP contribution in [0, 0.1) is 11.2 Å². The van der Waals surface area contributed by atoms with E-state index >= 15 is 0 Å². The third-order valence-corrected chi connectivity index (χ3v) is 3.59. The molecule has 0 unspecified atom stereocenters. The lowest BCUT2D eigenvalue weighted by molar-refractivity contribution is 0.149. The normalized spacial score (nSPS) is 18.2. The van der Waals surface area contributed by atoms with Crippen molar-refractivity contribution in [3.8, 4) is 0 Å². The third-order valence-electron chi connectivity index (χ3n) is 3.35. The third kappa shape index (κ3) is 2.38. The Kier molecular flexibility index (Phi) is 3.50. The molecule has 0 aliphatic carbocycles. The van der Waals surface area contributed by atoms with Crippen LogP contribution in [-0.4, -0.2) is 13.1 Å². The van der Waals surface area contributed by atoms with Crippen LogP contribution in [0.15, 0.2) is 18.2 Å². The first-order valence-corrected chi connectivity index (χ1v) is 6.18. The van der Waals surface area contributed by atoms with Gasteiger partial charge < -0.3 is 5.32 Å². The van der Waals surface area contributed by atoms with Gasteiger partial charge in [0.2, 0.25) is 0 Å². The molecule has 1 aliphatic rings. The van der Waals surface area contributed by atoms with Gasteiger partial charge >= 0.3 is 0 Å². The molecule has 0 atom stereocenters. The topological polar surface area (TPSA) is 12.0 Å². The lowest BCUT2D eigenvalue weighted by Crippen LogP contribution is -2.54. The predicted molar refractivity (Wildman–Crippen MR) is 65.3 cm³/mol. The zero-order chi connectivity index (χ0) is 11.6. The molecule has 16 heavy (non-hydrogen) atoms. The Morgan fingerprint density at radius 2 is 2.19 bits per heavy atom. The van der Waals surface area contributed by atoms with Gasteiger partial charge in [0.25, 0.3) is 0 Å². The monoisotopic (exact) mass is 241 g/mol. The van der Waals surface area contributed by atoms with Crippen molar-refractivity contribution in [2.24, 2.45) is 5.41 Å². The standard InChI is InChI=1S/C13H17ClFN/c1-2-5-13(8-16-9-13)7-10-6-11(14)3-4-12(10)15/h3-4,6,16H,2,5,7-9H2,1H3. The number of benzene rings is 1. The molecule has 2 rings (SSSR count). The first-order valence-electron chi connectivity index (χ1n) is 5.80. The van der Waals surface area contributed by atoms with Crippen molar-refractivity contribution < 1.29 is 4.39 Å². The summed E-state index contributed by atoms with van der Waals surface area (Å²) in [6.45, 7) is 4.16. The predicted octanol–water partition coefficient (Wildman–Crippen LogP) is 3.41. The van der Waals surface area contributed by atoms with Crippen molar-refractivity contribution in [1.29, 1.82) is 0 Å². The van der Waals surface area contributed by atoms with Crippen molar-refractivity contribution >= 4 is 11.6 Å². The summed E-state index contributed by atoms with van der Waals surface area (Å²) in [7, 11) is 0. The summed E-state index contributed by atoms with van der Waals surface area (Å²) < 4.78 is 13.6. The average Bonchev–Trinajstić information content (AvgIpc) is 2.20. The Balaban J connectivity index is 2.15. The molecule has 0 saturated carbocycles. The van der Waals surface area contributed by atoms with Gasteiger partial charge in [-0.25, -0.2) is 4.39 Å². The molecule has 0 radical (unpaired) electrons. The molecule has 0 bridgehead atoms. The molecule has 1 nitrogen and oxygen atoms in total. The number of halogens is 2. The molecule has 1 aromatic carbocycles. The molecule has 1 aliphatic heterocycles. The summed E-state index contributed by atoms with van der Waals surface area (Å²) in [6.07, 6.45) is 3.08. The van der Waals surface area contributed by atoms with Crippen LogP contribution in [-0.2, 0) is 6.42 Å². The summed E-state index contributed by atoms with van der Waals surface area (Å²) in [5, 5.41) is 3.91. The molecule has 1 aromatic rings. The lowest BCUT2D eigenvalue weighted by atomic mass is 9.73. The summed E-state index contributed by atoms with van der Waals surface area (Å²) >= 11 is 5.90. The number of hydrogen-bond donors (Lipinski definition) is 1. The van der Waals surface area contributed by atoms with E-state index in [0.29, 0.717) is 5.02 Å². The molecular weight excluding hydrogens is 225 g/mol. The minimum Gasteiger partial charge on any atom is -0.316 e. The van der Waals surface area contributed by atoms with E-state index in [1.54, 1.807) is 12.1 Å². The second-order valence-corrected chi connectivity index (χ2v) is 5.20. The smallest absolute Gasteiger partial charge is 0.126 e. The first kappa shape index (κ1) is 11.9. The van der Waals surface area contributed by atoms with E-state index in [9.17, 15) is 4.39 Å². The van der Waals surface area contributed by atoms with Crippen molar-refractivity contribution in [3.05, 3.63) is 34.6 Å². The highest BCUT2D eigenvalue weighted by Gasteiger charge is 2.36. The fourth-order valence-electron chi connectivity index (χ4n) is 2.48. The first-order chi connectivity index (χ1) is 7.65. The van der Waals surface area contributed by atoms with Crippen LogP contribution in [0.3, 0.4) is 0 Å². The van der Waals surface area contributed by atoms with Gasteiger partial charge in [0, 0.05) is 18.1 Å². The molecular formula is C13H17ClFN. The Morgan fingerprint density at radius 3 is 2.75 bits per heavy atom. The quantitative estimate of drug-likeness (QED) is 0.852. The van der Waals surface area contributed by atoms with E-state index in [0.717, 1.165) is 37.9 Å². The highest BCUT2D eigenvalue weighted by molar-refractivity contribution is 6.30. The van der Waals surface area contributed by atoms with E-state index in [-0.39, 0.29) is 11.2 Å². The lowest BCUT2D eigenvalue weighted by Gasteiger charge is -2.43. The fraction of sp³-hybridized carbons (Fsp3) is 0.538. The van der Waals surface area contributed by atoms with E-state index in [4.69, 9.17) is 11.6 Å². The molecule has 3 heteroatoms. The van der Waals surface area contributed by atoms with Crippen LogP contribution < -0.4 is 5.32 Å². The highest BCUT2D eigenvalue weighted by atomic mass is 35.5. The SMILES string of the molecule is CCCC1(Cc2cc(Cl)ccc2F)CNC1. The number of rotatable bonds is 4. The minimum absolute atomic E-state index is 0.133. The summed E-state index contributed by atoms with van der Waals surface area (Å²) in [5.74, 6) is -0.133.